The van der Waals surface area contributed by atoms with E-state index in [0.29, 0.717) is 56.3 Å². The molecule has 0 unspecified atom stereocenters. The standard InChI is InChI=1S/C31H34N6O5S/c1-2-22-3-5-23(6-4-22)30(39)36-15-13-34(14-16-36)26-10-8-25(9-11-26)32-31(43)33-29(38)24-7-12-27(28(21-24)37(40)41)35-17-19-42-20-18-35/h3-12,21H,2,13-20H2,1H3,(H2,32,33,38,43). The highest BCUT2D eigenvalue weighted by Crippen LogP contribution is 2.30. The van der Waals surface area contributed by atoms with Crippen LogP contribution >= 0.6 is 12.2 Å². The van der Waals surface area contributed by atoms with Gasteiger partial charge in [-0.2, -0.15) is 0 Å². The second kappa shape index (κ2) is 13.6. The van der Waals surface area contributed by atoms with Crippen molar-refractivity contribution in [3.8, 4) is 0 Å². The van der Waals surface area contributed by atoms with Gasteiger partial charge in [0.2, 0.25) is 0 Å². The van der Waals surface area contributed by atoms with E-state index in [2.05, 4.69) is 22.5 Å². The third-order valence-electron chi connectivity index (χ3n) is 7.68. The number of hydrogen-bond acceptors (Lipinski definition) is 8. The molecule has 3 aromatic carbocycles. The Morgan fingerprint density at radius 2 is 1.53 bits per heavy atom. The number of thiocarbonyl (C=S) groups is 1. The normalized spacial score (nSPS) is 15.1. The first kappa shape index (κ1) is 29.9. The summed E-state index contributed by atoms with van der Waals surface area (Å²) in [5.74, 6) is -0.487. The molecule has 0 aliphatic carbocycles. The summed E-state index contributed by atoms with van der Waals surface area (Å²) in [6.45, 7) is 6.88. The van der Waals surface area contributed by atoms with Crippen LogP contribution in [0.3, 0.4) is 0 Å². The fraction of sp³-hybridized carbons (Fsp3) is 0.323. The van der Waals surface area contributed by atoms with Crippen LogP contribution in [0.2, 0.25) is 0 Å². The van der Waals surface area contributed by atoms with Crippen LogP contribution in [0.5, 0.6) is 0 Å². The van der Waals surface area contributed by atoms with Gasteiger partial charge < -0.3 is 24.8 Å². The quantitative estimate of drug-likeness (QED) is 0.234. The average Bonchev–Trinajstić information content (AvgIpc) is 3.05. The third kappa shape index (κ3) is 7.27. The summed E-state index contributed by atoms with van der Waals surface area (Å²) in [5.41, 5.74) is 4.09. The fourth-order valence-electron chi connectivity index (χ4n) is 5.21. The molecule has 0 bridgehead atoms. The second-order valence-corrected chi connectivity index (χ2v) is 10.8. The van der Waals surface area contributed by atoms with Crippen LogP contribution in [-0.4, -0.2) is 79.2 Å². The number of hydrogen-bond donors (Lipinski definition) is 2. The number of benzene rings is 3. The Balaban J connectivity index is 1.13. The van der Waals surface area contributed by atoms with Crippen LogP contribution in [0.4, 0.5) is 22.7 Å². The number of rotatable bonds is 7. The van der Waals surface area contributed by atoms with Gasteiger partial charge in [0.1, 0.15) is 5.69 Å². The van der Waals surface area contributed by atoms with Crippen molar-refractivity contribution in [3.63, 3.8) is 0 Å². The molecule has 0 spiro atoms. The van der Waals surface area contributed by atoms with Gasteiger partial charge in [0, 0.05) is 67.8 Å². The summed E-state index contributed by atoms with van der Waals surface area (Å²) < 4.78 is 5.33. The molecule has 2 fully saturated rings. The van der Waals surface area contributed by atoms with Gasteiger partial charge in [-0.1, -0.05) is 19.1 Å². The number of morpholine rings is 1. The molecule has 11 nitrogen and oxygen atoms in total. The number of ether oxygens (including phenoxy) is 1. The minimum absolute atomic E-state index is 0.0556. The van der Waals surface area contributed by atoms with Crippen LogP contribution in [0, 0.1) is 10.1 Å². The first-order chi connectivity index (χ1) is 20.8. The molecule has 2 saturated heterocycles. The number of nitrogens with one attached hydrogen (secondary N) is 2. The summed E-state index contributed by atoms with van der Waals surface area (Å²) in [6.07, 6.45) is 0.944. The van der Waals surface area contributed by atoms with Crippen LogP contribution < -0.4 is 20.4 Å². The fourth-order valence-corrected chi connectivity index (χ4v) is 5.42. The molecule has 0 atom stereocenters. The first-order valence-electron chi connectivity index (χ1n) is 14.3. The Bertz CT molecular complexity index is 1480. The summed E-state index contributed by atoms with van der Waals surface area (Å²) in [7, 11) is 0. The number of amides is 2. The molecule has 0 saturated carbocycles. The highest BCUT2D eigenvalue weighted by Gasteiger charge is 2.24. The molecule has 0 radical (unpaired) electrons. The number of carbonyl (C=O) groups is 2. The maximum absolute atomic E-state index is 12.9. The topological polar surface area (TPSA) is 120 Å². The zero-order chi connectivity index (χ0) is 30.3. The highest BCUT2D eigenvalue weighted by molar-refractivity contribution is 7.80. The third-order valence-corrected chi connectivity index (χ3v) is 7.88. The lowest BCUT2D eigenvalue weighted by Crippen LogP contribution is -2.48. The summed E-state index contributed by atoms with van der Waals surface area (Å²) in [5, 5.41) is 17.4. The molecule has 12 heteroatoms. The number of anilines is 3. The minimum Gasteiger partial charge on any atom is -0.378 e. The summed E-state index contributed by atoms with van der Waals surface area (Å²) in [4.78, 5) is 43.0. The van der Waals surface area contributed by atoms with Gasteiger partial charge in [-0.05, 0) is 72.7 Å². The van der Waals surface area contributed by atoms with Crippen LogP contribution in [0.1, 0.15) is 33.2 Å². The van der Waals surface area contributed by atoms with Crippen molar-refractivity contribution in [2.24, 2.45) is 0 Å². The van der Waals surface area contributed by atoms with E-state index < -0.39 is 10.8 Å². The van der Waals surface area contributed by atoms with Crippen LogP contribution in [-0.2, 0) is 11.2 Å². The lowest BCUT2D eigenvalue weighted by molar-refractivity contribution is -0.384. The Hall–Kier alpha value is -4.55. The van der Waals surface area contributed by atoms with Crippen LogP contribution in [0.25, 0.3) is 0 Å². The molecule has 5 rings (SSSR count). The van der Waals surface area contributed by atoms with Crippen molar-refractivity contribution in [3.05, 3.63) is 93.5 Å². The Labute approximate surface area is 255 Å². The lowest BCUT2D eigenvalue weighted by Gasteiger charge is -2.36. The zero-order valence-corrected chi connectivity index (χ0v) is 24.8. The maximum atomic E-state index is 12.9. The molecule has 2 amide bonds. The van der Waals surface area contributed by atoms with Crippen molar-refractivity contribution in [2.45, 2.75) is 13.3 Å². The smallest absolute Gasteiger partial charge is 0.293 e. The largest absolute Gasteiger partial charge is 0.378 e. The first-order valence-corrected chi connectivity index (χ1v) is 14.7. The Kier molecular flexibility index (Phi) is 9.48. The number of nitro groups is 1. The monoisotopic (exact) mass is 602 g/mol. The Morgan fingerprint density at radius 1 is 0.884 bits per heavy atom. The van der Waals surface area contributed by atoms with E-state index in [4.69, 9.17) is 17.0 Å². The zero-order valence-electron chi connectivity index (χ0n) is 24.0. The van der Waals surface area contributed by atoms with Crippen molar-refractivity contribution < 1.29 is 19.2 Å². The number of nitrogens with zero attached hydrogens (tertiary/aromatic N) is 4. The van der Waals surface area contributed by atoms with E-state index in [1.54, 1.807) is 12.1 Å². The molecule has 2 heterocycles. The summed E-state index contributed by atoms with van der Waals surface area (Å²) in [6, 6.07) is 19.9. The van der Waals surface area contributed by atoms with Crippen molar-refractivity contribution in [1.29, 1.82) is 0 Å². The number of aryl methyl sites for hydroxylation is 1. The summed E-state index contributed by atoms with van der Waals surface area (Å²) >= 11 is 5.33. The SMILES string of the molecule is CCc1ccc(C(=O)N2CCN(c3ccc(NC(=S)NC(=O)c4ccc(N5CCOCC5)c([N+](=O)[O-])c4)cc3)CC2)cc1. The molecule has 0 aromatic heterocycles. The predicted molar refractivity (Wildman–Crippen MR) is 170 cm³/mol. The van der Waals surface area contributed by atoms with E-state index in [1.807, 2.05) is 58.3 Å². The molecule has 43 heavy (non-hydrogen) atoms. The molecule has 2 aliphatic heterocycles. The van der Waals surface area contributed by atoms with Crippen LogP contribution in [0.15, 0.2) is 66.7 Å². The van der Waals surface area contributed by atoms with E-state index in [0.717, 1.165) is 25.2 Å². The van der Waals surface area contributed by atoms with E-state index >= 15 is 0 Å². The lowest BCUT2D eigenvalue weighted by atomic mass is 10.1. The minimum atomic E-state index is -0.542. The second-order valence-electron chi connectivity index (χ2n) is 10.3. The highest BCUT2D eigenvalue weighted by atomic mass is 32.1. The van der Waals surface area contributed by atoms with Crippen molar-refractivity contribution in [1.82, 2.24) is 10.2 Å². The van der Waals surface area contributed by atoms with Gasteiger partial charge in [0.05, 0.1) is 18.1 Å². The van der Waals surface area contributed by atoms with E-state index in [1.165, 1.54) is 11.6 Å². The molecular formula is C31H34N6O5S. The number of nitro benzene ring substituents is 1. The van der Waals surface area contributed by atoms with E-state index in [9.17, 15) is 19.7 Å². The predicted octanol–water partition coefficient (Wildman–Crippen LogP) is 4.08. The molecule has 2 aliphatic rings. The van der Waals surface area contributed by atoms with Crippen molar-refractivity contribution in [2.75, 3.05) is 67.6 Å². The van der Waals surface area contributed by atoms with Gasteiger partial charge in [0.25, 0.3) is 17.5 Å². The van der Waals surface area contributed by atoms with Gasteiger partial charge >= 0.3 is 0 Å². The van der Waals surface area contributed by atoms with Gasteiger partial charge in [0.15, 0.2) is 5.11 Å². The number of piperazine rings is 1. The van der Waals surface area contributed by atoms with Gasteiger partial charge in [-0.25, -0.2) is 0 Å². The average molecular weight is 603 g/mol. The molecule has 3 aromatic rings. The maximum Gasteiger partial charge on any atom is 0.293 e. The van der Waals surface area contributed by atoms with Gasteiger partial charge in [-0.3, -0.25) is 25.0 Å². The molecular weight excluding hydrogens is 568 g/mol. The molecule has 224 valence electrons. The molecule has 2 N–H and O–H groups in total. The van der Waals surface area contributed by atoms with Gasteiger partial charge in [-0.15, -0.1) is 0 Å². The number of carbonyl (C=O) groups excluding carboxylic acids is 2. The van der Waals surface area contributed by atoms with E-state index in [-0.39, 0.29) is 22.3 Å². The Morgan fingerprint density at radius 3 is 2.16 bits per heavy atom. The van der Waals surface area contributed by atoms with Crippen molar-refractivity contribution >= 4 is 51.9 Å².